The lowest BCUT2D eigenvalue weighted by molar-refractivity contribution is 0.152. The molecule has 0 bridgehead atoms. The van der Waals surface area contributed by atoms with Gasteiger partial charge in [-0.2, -0.15) is 0 Å². The van der Waals surface area contributed by atoms with Crippen molar-refractivity contribution in [2.24, 2.45) is 0 Å². The molecule has 1 aliphatic rings. The van der Waals surface area contributed by atoms with E-state index in [-0.39, 0.29) is 12.2 Å². The van der Waals surface area contributed by atoms with Crippen molar-refractivity contribution >= 4 is 0 Å². The van der Waals surface area contributed by atoms with E-state index in [0.29, 0.717) is 13.2 Å². The molecule has 1 heterocycles. The third kappa shape index (κ3) is 3.86. The number of hydrogen-bond acceptors (Lipinski definition) is 3. The van der Waals surface area contributed by atoms with Crippen LogP contribution in [0, 0.1) is 11.8 Å². The zero-order valence-electron chi connectivity index (χ0n) is 9.80. The molecule has 1 aliphatic heterocycles. The number of epoxide rings is 1. The molecule has 17 heavy (non-hydrogen) atoms. The molecule has 0 aromatic heterocycles. The van der Waals surface area contributed by atoms with Gasteiger partial charge in [0.1, 0.15) is 18.8 Å². The van der Waals surface area contributed by atoms with Crippen molar-refractivity contribution < 1.29 is 14.6 Å². The highest BCUT2D eigenvalue weighted by molar-refractivity contribution is 5.16. The third-order valence-corrected chi connectivity index (χ3v) is 2.53. The zero-order chi connectivity index (χ0) is 12.1. The molecule has 90 valence electrons. The van der Waals surface area contributed by atoms with Crippen LogP contribution in [0.1, 0.15) is 12.5 Å². The maximum absolute atomic E-state index is 9.19. The fourth-order valence-corrected chi connectivity index (χ4v) is 1.54. The molecule has 1 aromatic rings. The summed E-state index contributed by atoms with van der Waals surface area (Å²) >= 11 is 0. The Balaban J connectivity index is 1.63. The Morgan fingerprint density at radius 1 is 1.41 bits per heavy atom. The lowest BCUT2D eigenvalue weighted by atomic mass is 10.2. The first kappa shape index (κ1) is 12.1. The van der Waals surface area contributed by atoms with E-state index in [1.807, 2.05) is 30.3 Å². The largest absolute Gasteiger partial charge is 0.391 e. The van der Waals surface area contributed by atoms with Crippen LogP contribution in [0.15, 0.2) is 30.3 Å². The van der Waals surface area contributed by atoms with Crippen LogP contribution in [0.3, 0.4) is 0 Å². The van der Waals surface area contributed by atoms with Crippen molar-refractivity contribution in [3.05, 3.63) is 35.9 Å². The molecule has 0 saturated carbocycles. The number of hydrogen-bond donors (Lipinski definition) is 1. The summed E-state index contributed by atoms with van der Waals surface area (Å²) in [6.45, 7) is 2.67. The minimum Gasteiger partial charge on any atom is -0.391 e. The summed E-state index contributed by atoms with van der Waals surface area (Å²) < 4.78 is 10.6. The highest BCUT2D eigenvalue weighted by atomic mass is 16.6. The number of benzene rings is 1. The van der Waals surface area contributed by atoms with Crippen LogP contribution in [-0.2, 0) is 16.1 Å². The standard InChI is InChI=1S/C14H16O3/c1-11(15)14-13(17-14)8-5-9-16-10-12-6-3-2-4-7-12/h2-4,6-7,11,13-15H,9-10H2,1H3/t11-,13-,14-/m0/s1. The molecule has 1 N–H and O–H groups in total. The second-order valence-electron chi connectivity index (χ2n) is 4.06. The molecule has 0 unspecified atom stereocenters. The van der Waals surface area contributed by atoms with E-state index in [4.69, 9.17) is 9.47 Å². The lowest BCUT2D eigenvalue weighted by Crippen LogP contribution is -2.10. The lowest BCUT2D eigenvalue weighted by Gasteiger charge is -1.99. The molecule has 0 radical (unpaired) electrons. The van der Waals surface area contributed by atoms with Gasteiger partial charge in [0.25, 0.3) is 0 Å². The molecule has 0 spiro atoms. The van der Waals surface area contributed by atoms with Crippen LogP contribution in [0.2, 0.25) is 0 Å². The molecule has 0 aliphatic carbocycles. The van der Waals surface area contributed by atoms with Crippen molar-refractivity contribution in [3.8, 4) is 11.8 Å². The summed E-state index contributed by atoms with van der Waals surface area (Å²) in [6.07, 6.45) is -0.675. The van der Waals surface area contributed by atoms with E-state index in [9.17, 15) is 5.11 Å². The van der Waals surface area contributed by atoms with Crippen LogP contribution < -0.4 is 0 Å². The fraction of sp³-hybridized carbons (Fsp3) is 0.429. The first-order valence-electron chi connectivity index (χ1n) is 5.71. The Labute approximate surface area is 101 Å². The van der Waals surface area contributed by atoms with Gasteiger partial charge in [0.05, 0.1) is 12.7 Å². The normalized spacial score (nSPS) is 23.6. The Hall–Kier alpha value is -1.34. The summed E-state index contributed by atoms with van der Waals surface area (Å²) in [5.41, 5.74) is 1.14. The third-order valence-electron chi connectivity index (χ3n) is 2.53. The van der Waals surface area contributed by atoms with E-state index in [1.165, 1.54) is 0 Å². The van der Waals surface area contributed by atoms with E-state index in [1.54, 1.807) is 6.92 Å². The summed E-state index contributed by atoms with van der Waals surface area (Å²) in [5.74, 6) is 5.81. The van der Waals surface area contributed by atoms with Gasteiger partial charge in [-0.25, -0.2) is 0 Å². The summed E-state index contributed by atoms with van der Waals surface area (Å²) in [6, 6.07) is 9.97. The zero-order valence-corrected chi connectivity index (χ0v) is 9.80. The average Bonchev–Trinajstić information content (AvgIpc) is 3.10. The Morgan fingerprint density at radius 3 is 2.82 bits per heavy atom. The topological polar surface area (TPSA) is 42.0 Å². The van der Waals surface area contributed by atoms with Crippen LogP contribution in [-0.4, -0.2) is 30.0 Å². The van der Waals surface area contributed by atoms with Gasteiger partial charge in [-0.3, -0.25) is 0 Å². The maximum atomic E-state index is 9.19. The second-order valence-corrected chi connectivity index (χ2v) is 4.06. The van der Waals surface area contributed by atoms with Crippen molar-refractivity contribution in [1.29, 1.82) is 0 Å². The predicted molar refractivity (Wildman–Crippen MR) is 64.2 cm³/mol. The first-order valence-corrected chi connectivity index (χ1v) is 5.71. The Kier molecular flexibility index (Phi) is 4.16. The Bertz CT molecular complexity index is 402. The van der Waals surface area contributed by atoms with Crippen LogP contribution in [0.5, 0.6) is 0 Å². The molecule has 1 aromatic carbocycles. The predicted octanol–water partition coefficient (Wildman–Crippen LogP) is 1.35. The van der Waals surface area contributed by atoms with Crippen molar-refractivity contribution in [3.63, 3.8) is 0 Å². The molecule has 2 rings (SSSR count). The summed E-state index contributed by atoms with van der Waals surface area (Å²) in [5, 5.41) is 9.19. The quantitative estimate of drug-likeness (QED) is 0.484. The van der Waals surface area contributed by atoms with Gasteiger partial charge in [-0.1, -0.05) is 42.2 Å². The highest BCUT2D eigenvalue weighted by Crippen LogP contribution is 2.24. The molecule has 3 atom stereocenters. The number of aliphatic hydroxyl groups excluding tert-OH is 1. The van der Waals surface area contributed by atoms with Gasteiger partial charge in [-0.05, 0) is 12.5 Å². The summed E-state index contributed by atoms with van der Waals surface area (Å²) in [7, 11) is 0. The monoisotopic (exact) mass is 232 g/mol. The van der Waals surface area contributed by atoms with Gasteiger partial charge in [0.2, 0.25) is 0 Å². The van der Waals surface area contributed by atoms with E-state index < -0.39 is 6.10 Å². The second kappa shape index (κ2) is 5.83. The van der Waals surface area contributed by atoms with Gasteiger partial charge in [-0.15, -0.1) is 0 Å². The molecule has 1 fully saturated rings. The number of aliphatic hydroxyl groups is 1. The minimum atomic E-state index is -0.445. The van der Waals surface area contributed by atoms with Gasteiger partial charge < -0.3 is 14.6 Å². The molecular formula is C14H16O3. The van der Waals surface area contributed by atoms with Gasteiger partial charge >= 0.3 is 0 Å². The Morgan fingerprint density at radius 2 is 2.18 bits per heavy atom. The van der Waals surface area contributed by atoms with Gasteiger partial charge in [0, 0.05) is 0 Å². The SMILES string of the molecule is C[C@H](O)[C@@H]1O[C@H]1C#CCOCc1ccccc1. The first-order chi connectivity index (χ1) is 8.27. The number of ether oxygens (including phenoxy) is 2. The van der Waals surface area contributed by atoms with E-state index in [0.717, 1.165) is 5.56 Å². The van der Waals surface area contributed by atoms with E-state index >= 15 is 0 Å². The number of rotatable bonds is 4. The maximum Gasteiger partial charge on any atom is 0.147 e. The smallest absolute Gasteiger partial charge is 0.147 e. The van der Waals surface area contributed by atoms with Crippen molar-refractivity contribution in [1.82, 2.24) is 0 Å². The fourth-order valence-electron chi connectivity index (χ4n) is 1.54. The molecule has 0 amide bonds. The van der Waals surface area contributed by atoms with Crippen LogP contribution in [0.25, 0.3) is 0 Å². The van der Waals surface area contributed by atoms with Crippen molar-refractivity contribution in [2.75, 3.05) is 6.61 Å². The minimum absolute atomic E-state index is 0.114. The average molecular weight is 232 g/mol. The molecular weight excluding hydrogens is 216 g/mol. The van der Waals surface area contributed by atoms with Crippen molar-refractivity contribution in [2.45, 2.75) is 31.8 Å². The molecule has 1 saturated heterocycles. The van der Waals surface area contributed by atoms with Crippen LogP contribution in [0.4, 0.5) is 0 Å². The van der Waals surface area contributed by atoms with Crippen LogP contribution >= 0.6 is 0 Å². The molecule has 3 heteroatoms. The molecule has 3 nitrogen and oxygen atoms in total. The van der Waals surface area contributed by atoms with Gasteiger partial charge in [0.15, 0.2) is 0 Å². The highest BCUT2D eigenvalue weighted by Gasteiger charge is 2.41. The van der Waals surface area contributed by atoms with E-state index in [2.05, 4.69) is 11.8 Å². The summed E-state index contributed by atoms with van der Waals surface area (Å²) in [4.78, 5) is 0.